The number of rotatable bonds is 8. The standard InChI is InChI=1S/C21H26N6O2S/c1-14-23-20(29-26-14)16-11-9-15(10-12-16)19(28)22-13-5-8-18-24-25-21(30-2)27(18)17-6-3-4-7-17/h9-12,17H,3-8,13H2,1-2H3,(H,22,28). The molecule has 8 nitrogen and oxygen atoms in total. The number of benzene rings is 1. The van der Waals surface area contributed by atoms with Crippen LogP contribution < -0.4 is 5.32 Å². The number of nitrogens with zero attached hydrogens (tertiary/aromatic N) is 5. The van der Waals surface area contributed by atoms with Gasteiger partial charge < -0.3 is 14.4 Å². The van der Waals surface area contributed by atoms with Crippen LogP contribution in [0.25, 0.3) is 11.5 Å². The fourth-order valence-electron chi connectivity index (χ4n) is 3.88. The quantitative estimate of drug-likeness (QED) is 0.432. The molecule has 1 fully saturated rings. The summed E-state index contributed by atoms with van der Waals surface area (Å²) in [5, 5.41) is 16.5. The Balaban J connectivity index is 1.30. The van der Waals surface area contributed by atoms with E-state index >= 15 is 0 Å². The van der Waals surface area contributed by atoms with Crippen molar-refractivity contribution in [1.29, 1.82) is 0 Å². The van der Waals surface area contributed by atoms with Crippen molar-refractivity contribution in [3.8, 4) is 11.5 Å². The Labute approximate surface area is 179 Å². The van der Waals surface area contributed by atoms with Gasteiger partial charge in [-0.3, -0.25) is 4.79 Å². The van der Waals surface area contributed by atoms with Gasteiger partial charge in [-0.2, -0.15) is 4.98 Å². The van der Waals surface area contributed by atoms with Crippen molar-refractivity contribution < 1.29 is 9.32 Å². The Morgan fingerprint density at radius 1 is 1.23 bits per heavy atom. The highest BCUT2D eigenvalue weighted by Gasteiger charge is 2.23. The average molecular weight is 427 g/mol. The van der Waals surface area contributed by atoms with Crippen molar-refractivity contribution in [3.05, 3.63) is 41.5 Å². The summed E-state index contributed by atoms with van der Waals surface area (Å²) in [5.41, 5.74) is 1.40. The van der Waals surface area contributed by atoms with Gasteiger partial charge in [-0.1, -0.05) is 29.8 Å². The van der Waals surface area contributed by atoms with Gasteiger partial charge in [-0.25, -0.2) is 0 Å². The van der Waals surface area contributed by atoms with E-state index in [0.717, 1.165) is 29.4 Å². The lowest BCUT2D eigenvalue weighted by Gasteiger charge is -2.16. The molecule has 0 unspecified atom stereocenters. The van der Waals surface area contributed by atoms with E-state index in [1.807, 2.05) is 18.4 Å². The molecule has 0 radical (unpaired) electrons. The molecule has 2 heterocycles. The third-order valence-corrected chi connectivity index (χ3v) is 6.04. The minimum absolute atomic E-state index is 0.0923. The van der Waals surface area contributed by atoms with Crippen molar-refractivity contribution in [2.45, 2.75) is 56.6 Å². The molecular formula is C21H26N6O2S. The number of carbonyl (C=O) groups excluding carboxylic acids is 1. The van der Waals surface area contributed by atoms with Crippen LogP contribution in [0, 0.1) is 6.92 Å². The first kappa shape index (κ1) is 20.6. The number of hydrogen-bond donors (Lipinski definition) is 1. The third-order valence-electron chi connectivity index (χ3n) is 5.39. The lowest BCUT2D eigenvalue weighted by Crippen LogP contribution is -2.25. The molecule has 0 bridgehead atoms. The number of aryl methyl sites for hydroxylation is 2. The molecule has 1 aromatic carbocycles. The highest BCUT2D eigenvalue weighted by Crippen LogP contribution is 2.33. The van der Waals surface area contributed by atoms with E-state index in [0.29, 0.717) is 29.9 Å². The number of hydrogen-bond acceptors (Lipinski definition) is 7. The van der Waals surface area contributed by atoms with Crippen LogP contribution in [0.5, 0.6) is 0 Å². The Morgan fingerprint density at radius 2 is 2.00 bits per heavy atom. The minimum atomic E-state index is -0.0923. The molecule has 1 aliphatic rings. The lowest BCUT2D eigenvalue weighted by molar-refractivity contribution is 0.0953. The van der Waals surface area contributed by atoms with Crippen molar-refractivity contribution in [2.75, 3.05) is 12.8 Å². The fourth-order valence-corrected chi connectivity index (χ4v) is 4.45. The van der Waals surface area contributed by atoms with Crippen LogP contribution >= 0.6 is 11.8 Å². The van der Waals surface area contributed by atoms with Crippen LogP contribution in [-0.4, -0.2) is 43.6 Å². The molecule has 0 saturated heterocycles. The van der Waals surface area contributed by atoms with Crippen molar-refractivity contribution in [3.63, 3.8) is 0 Å². The maximum Gasteiger partial charge on any atom is 0.257 e. The molecule has 0 atom stereocenters. The van der Waals surface area contributed by atoms with Crippen LogP contribution in [0.3, 0.4) is 0 Å². The third kappa shape index (κ3) is 4.56. The second-order valence-corrected chi connectivity index (χ2v) is 8.27. The largest absolute Gasteiger partial charge is 0.352 e. The Bertz CT molecular complexity index is 991. The van der Waals surface area contributed by atoms with Gasteiger partial charge >= 0.3 is 0 Å². The summed E-state index contributed by atoms with van der Waals surface area (Å²) in [5.74, 6) is 1.97. The number of nitrogens with one attached hydrogen (secondary N) is 1. The summed E-state index contributed by atoms with van der Waals surface area (Å²) in [6, 6.07) is 7.69. The van der Waals surface area contributed by atoms with Crippen LogP contribution in [-0.2, 0) is 6.42 Å². The summed E-state index contributed by atoms with van der Waals surface area (Å²) in [4.78, 5) is 16.6. The van der Waals surface area contributed by atoms with Gasteiger partial charge in [0.15, 0.2) is 11.0 Å². The zero-order chi connectivity index (χ0) is 20.9. The monoisotopic (exact) mass is 426 g/mol. The normalized spacial score (nSPS) is 14.3. The van der Waals surface area contributed by atoms with Gasteiger partial charge in [0.05, 0.1) is 0 Å². The second-order valence-electron chi connectivity index (χ2n) is 7.49. The first-order valence-electron chi connectivity index (χ1n) is 10.3. The van der Waals surface area contributed by atoms with Crippen LogP contribution in [0.15, 0.2) is 33.9 Å². The number of carbonyl (C=O) groups is 1. The maximum absolute atomic E-state index is 12.4. The molecule has 4 rings (SSSR count). The van der Waals surface area contributed by atoms with Gasteiger partial charge in [-0.05, 0) is 56.7 Å². The number of thioether (sulfide) groups is 1. The molecule has 30 heavy (non-hydrogen) atoms. The Morgan fingerprint density at radius 3 is 2.67 bits per heavy atom. The minimum Gasteiger partial charge on any atom is -0.352 e. The van der Waals surface area contributed by atoms with E-state index in [-0.39, 0.29) is 5.91 Å². The summed E-state index contributed by atoms with van der Waals surface area (Å²) in [6.45, 7) is 2.36. The summed E-state index contributed by atoms with van der Waals surface area (Å²) < 4.78 is 7.47. The molecule has 0 spiro atoms. The first-order valence-corrected chi connectivity index (χ1v) is 11.5. The van der Waals surface area contributed by atoms with Crippen LogP contribution in [0.4, 0.5) is 0 Å². The summed E-state index contributed by atoms with van der Waals surface area (Å²) in [7, 11) is 0. The molecule has 1 aliphatic carbocycles. The van der Waals surface area contributed by atoms with Gasteiger partial charge in [0, 0.05) is 30.1 Å². The highest BCUT2D eigenvalue weighted by molar-refractivity contribution is 7.98. The molecule has 1 N–H and O–H groups in total. The molecule has 9 heteroatoms. The molecule has 158 valence electrons. The van der Waals surface area contributed by atoms with Crippen molar-refractivity contribution in [1.82, 2.24) is 30.2 Å². The van der Waals surface area contributed by atoms with Crippen LogP contribution in [0.2, 0.25) is 0 Å². The maximum atomic E-state index is 12.4. The Kier molecular flexibility index (Phi) is 6.47. The van der Waals surface area contributed by atoms with Crippen LogP contribution in [0.1, 0.15) is 60.2 Å². The van der Waals surface area contributed by atoms with Gasteiger partial charge in [-0.15, -0.1) is 10.2 Å². The predicted octanol–water partition coefficient (Wildman–Crippen LogP) is 3.84. The van der Waals surface area contributed by atoms with Crippen molar-refractivity contribution in [2.24, 2.45) is 0 Å². The van der Waals surface area contributed by atoms with E-state index in [2.05, 4.69) is 30.2 Å². The summed E-state index contributed by atoms with van der Waals surface area (Å²) >= 11 is 1.65. The Hall–Kier alpha value is -2.68. The fraction of sp³-hybridized carbons (Fsp3) is 0.476. The topological polar surface area (TPSA) is 98.7 Å². The highest BCUT2D eigenvalue weighted by atomic mass is 32.2. The van der Waals surface area contributed by atoms with E-state index in [1.165, 1.54) is 25.7 Å². The van der Waals surface area contributed by atoms with E-state index in [9.17, 15) is 4.79 Å². The molecule has 1 saturated carbocycles. The van der Waals surface area contributed by atoms with Gasteiger partial charge in [0.2, 0.25) is 0 Å². The SMILES string of the molecule is CSc1nnc(CCCNC(=O)c2ccc(-c3nc(C)no3)cc2)n1C1CCCC1. The first-order chi connectivity index (χ1) is 14.7. The van der Waals surface area contributed by atoms with E-state index in [1.54, 1.807) is 30.8 Å². The zero-order valence-corrected chi connectivity index (χ0v) is 18.1. The number of aromatic nitrogens is 5. The van der Waals surface area contributed by atoms with Gasteiger partial charge in [0.1, 0.15) is 5.82 Å². The molecular weight excluding hydrogens is 400 g/mol. The van der Waals surface area contributed by atoms with Gasteiger partial charge in [0.25, 0.3) is 11.8 Å². The smallest absolute Gasteiger partial charge is 0.257 e. The molecule has 1 amide bonds. The lowest BCUT2D eigenvalue weighted by atomic mass is 10.1. The van der Waals surface area contributed by atoms with E-state index < -0.39 is 0 Å². The zero-order valence-electron chi connectivity index (χ0n) is 17.3. The number of amides is 1. The molecule has 0 aliphatic heterocycles. The van der Waals surface area contributed by atoms with Crippen molar-refractivity contribution >= 4 is 17.7 Å². The average Bonchev–Trinajstić information content (AvgIpc) is 3.51. The predicted molar refractivity (Wildman–Crippen MR) is 114 cm³/mol. The van der Waals surface area contributed by atoms with E-state index in [4.69, 9.17) is 4.52 Å². The molecule has 2 aromatic heterocycles. The summed E-state index contributed by atoms with van der Waals surface area (Å²) in [6.07, 6.45) is 8.63. The molecule has 3 aromatic rings. The second kappa shape index (κ2) is 9.42.